The molecule has 0 radical (unpaired) electrons. The molecule has 142 valence electrons. The van der Waals surface area contributed by atoms with Gasteiger partial charge >= 0.3 is 12.1 Å². The van der Waals surface area contributed by atoms with Gasteiger partial charge in [0.05, 0.1) is 7.11 Å². The first-order valence-corrected chi connectivity index (χ1v) is 9.13. The van der Waals surface area contributed by atoms with E-state index in [0.29, 0.717) is 16.7 Å². The lowest BCUT2D eigenvalue weighted by atomic mass is 10.0. The first-order chi connectivity index (χ1) is 11.5. The Balaban J connectivity index is 3.27. The number of esters is 1. The molecule has 0 saturated heterocycles. The maximum atomic E-state index is 12.6. The zero-order valence-electron chi connectivity index (χ0n) is 14.0. The first kappa shape index (κ1) is 22.3. The number of aromatic nitrogens is 1. The van der Waals surface area contributed by atoms with Crippen molar-refractivity contribution in [2.24, 2.45) is 5.92 Å². The first-order valence-electron chi connectivity index (χ1n) is 7.20. The van der Waals surface area contributed by atoms with E-state index in [1.54, 1.807) is 6.92 Å². The number of hydrogen-bond donors (Lipinski definition) is 0. The SMILES string of the molecule is COC(=O)[C@H](CC(C)C)N(C(=O)OCC(Cl)(Cl)Cl)c1noc(C)c1Br. The van der Waals surface area contributed by atoms with Crippen molar-refractivity contribution in [2.75, 3.05) is 18.6 Å². The van der Waals surface area contributed by atoms with Crippen molar-refractivity contribution in [2.45, 2.75) is 37.0 Å². The zero-order valence-corrected chi connectivity index (χ0v) is 17.9. The molecule has 0 aliphatic heterocycles. The molecule has 0 aliphatic carbocycles. The standard InChI is InChI=1S/C14H18BrCl3N2O5/c1-7(2)5-9(12(21)23-4)20(11-10(15)8(3)25-19-11)13(22)24-6-14(16,17)18/h7,9H,5-6H2,1-4H3/t9-/m0/s1. The lowest BCUT2D eigenvalue weighted by molar-refractivity contribution is -0.142. The van der Waals surface area contributed by atoms with Crippen molar-refractivity contribution in [1.82, 2.24) is 5.16 Å². The molecule has 0 saturated carbocycles. The highest BCUT2D eigenvalue weighted by Gasteiger charge is 2.38. The second-order valence-electron chi connectivity index (χ2n) is 5.58. The third kappa shape index (κ3) is 6.51. The molecular formula is C14H18BrCl3N2O5. The molecule has 1 aromatic heterocycles. The van der Waals surface area contributed by atoms with Gasteiger partial charge in [-0.25, -0.2) is 14.5 Å². The van der Waals surface area contributed by atoms with Gasteiger partial charge in [-0.05, 0) is 35.2 Å². The molecule has 1 atom stereocenters. The number of rotatable bonds is 6. The third-order valence-corrected chi connectivity index (χ3v) is 4.28. The van der Waals surface area contributed by atoms with E-state index >= 15 is 0 Å². The van der Waals surface area contributed by atoms with Crippen LogP contribution in [0.5, 0.6) is 0 Å². The van der Waals surface area contributed by atoms with Crippen molar-refractivity contribution in [3.63, 3.8) is 0 Å². The Bertz CT molecular complexity index is 618. The number of amides is 1. The van der Waals surface area contributed by atoms with Crippen LogP contribution >= 0.6 is 50.7 Å². The molecule has 0 fully saturated rings. The molecule has 25 heavy (non-hydrogen) atoms. The molecule has 1 rings (SSSR count). The van der Waals surface area contributed by atoms with Gasteiger partial charge in [0.2, 0.25) is 3.79 Å². The topological polar surface area (TPSA) is 81.9 Å². The van der Waals surface area contributed by atoms with Crippen molar-refractivity contribution < 1.29 is 23.6 Å². The molecule has 0 N–H and O–H groups in total. The summed E-state index contributed by atoms with van der Waals surface area (Å²) < 4.78 is 13.5. The van der Waals surface area contributed by atoms with Crippen LogP contribution in [-0.2, 0) is 14.3 Å². The quantitative estimate of drug-likeness (QED) is 0.436. The molecule has 1 amide bonds. The fourth-order valence-electron chi connectivity index (χ4n) is 1.96. The van der Waals surface area contributed by atoms with E-state index < -0.39 is 28.5 Å². The number of halogens is 4. The molecule has 1 aromatic rings. The van der Waals surface area contributed by atoms with Crippen molar-refractivity contribution >= 4 is 68.6 Å². The number of aryl methyl sites for hydroxylation is 1. The van der Waals surface area contributed by atoms with Crippen LogP contribution in [0.25, 0.3) is 0 Å². The third-order valence-electron chi connectivity index (χ3n) is 3.04. The van der Waals surface area contributed by atoms with Gasteiger partial charge < -0.3 is 14.0 Å². The Hall–Kier alpha value is -0.700. The van der Waals surface area contributed by atoms with E-state index in [-0.39, 0.29) is 11.7 Å². The monoisotopic (exact) mass is 478 g/mol. The molecule has 11 heteroatoms. The summed E-state index contributed by atoms with van der Waals surface area (Å²) in [4.78, 5) is 25.9. The van der Waals surface area contributed by atoms with Crippen LogP contribution in [0.3, 0.4) is 0 Å². The van der Waals surface area contributed by atoms with Gasteiger partial charge in [0.1, 0.15) is 22.9 Å². The maximum absolute atomic E-state index is 12.6. The fourth-order valence-corrected chi connectivity index (χ4v) is 2.46. The summed E-state index contributed by atoms with van der Waals surface area (Å²) in [5.41, 5.74) is 0. The van der Waals surface area contributed by atoms with Crippen molar-refractivity contribution in [3.05, 3.63) is 10.2 Å². The highest BCUT2D eigenvalue weighted by molar-refractivity contribution is 9.10. The minimum atomic E-state index is -1.79. The van der Waals surface area contributed by atoms with E-state index in [0.717, 1.165) is 4.90 Å². The van der Waals surface area contributed by atoms with Gasteiger partial charge in [0.15, 0.2) is 5.82 Å². The van der Waals surface area contributed by atoms with Crippen LogP contribution in [0.15, 0.2) is 9.00 Å². The highest BCUT2D eigenvalue weighted by atomic mass is 79.9. The number of alkyl halides is 3. The van der Waals surface area contributed by atoms with Gasteiger partial charge in [-0.1, -0.05) is 53.8 Å². The molecule has 0 bridgehead atoms. The number of ether oxygens (including phenoxy) is 2. The minimum absolute atomic E-state index is 0.0688. The van der Waals surface area contributed by atoms with Crippen LogP contribution in [0, 0.1) is 12.8 Å². The Kier molecular flexibility index (Phi) is 8.31. The molecule has 0 unspecified atom stereocenters. The summed E-state index contributed by atoms with van der Waals surface area (Å²) in [6, 6.07) is -0.992. The van der Waals surface area contributed by atoms with Crippen molar-refractivity contribution in [1.29, 1.82) is 0 Å². The Morgan fingerprint density at radius 3 is 2.36 bits per heavy atom. The molecule has 0 aliphatic rings. The van der Waals surface area contributed by atoms with E-state index in [2.05, 4.69) is 21.1 Å². The highest BCUT2D eigenvalue weighted by Crippen LogP contribution is 2.33. The summed E-state index contributed by atoms with van der Waals surface area (Å²) in [5.74, 6) is -0.0726. The van der Waals surface area contributed by atoms with E-state index in [4.69, 9.17) is 48.8 Å². The number of carbonyl (C=O) groups excluding carboxylic acids is 2. The second kappa shape index (κ2) is 9.30. The predicted octanol–water partition coefficient (Wildman–Crippen LogP) is 4.65. The second-order valence-corrected chi connectivity index (χ2v) is 8.89. The van der Waals surface area contributed by atoms with Gasteiger partial charge in [0, 0.05) is 0 Å². The van der Waals surface area contributed by atoms with Crippen LogP contribution in [0.1, 0.15) is 26.0 Å². The van der Waals surface area contributed by atoms with Crippen LogP contribution < -0.4 is 4.90 Å². The summed E-state index contributed by atoms with van der Waals surface area (Å²) in [7, 11) is 1.23. The summed E-state index contributed by atoms with van der Waals surface area (Å²) >= 11 is 20.1. The largest absolute Gasteiger partial charge is 0.467 e. The van der Waals surface area contributed by atoms with E-state index in [1.807, 2.05) is 13.8 Å². The summed E-state index contributed by atoms with van der Waals surface area (Å²) in [6.07, 6.45) is -0.621. The normalized spacial score (nSPS) is 12.8. The van der Waals surface area contributed by atoms with E-state index in [9.17, 15) is 9.59 Å². The molecule has 7 nitrogen and oxygen atoms in total. The van der Waals surface area contributed by atoms with Crippen molar-refractivity contribution in [3.8, 4) is 0 Å². The molecule has 0 aromatic carbocycles. The van der Waals surface area contributed by atoms with Gasteiger partial charge in [-0.3, -0.25) is 0 Å². The summed E-state index contributed by atoms with van der Waals surface area (Å²) in [5, 5.41) is 3.82. The Morgan fingerprint density at radius 1 is 1.36 bits per heavy atom. The van der Waals surface area contributed by atoms with E-state index in [1.165, 1.54) is 7.11 Å². The average molecular weight is 481 g/mol. The summed E-state index contributed by atoms with van der Waals surface area (Å²) in [6.45, 7) is 4.92. The number of hydrogen-bond acceptors (Lipinski definition) is 6. The maximum Gasteiger partial charge on any atom is 0.416 e. The van der Waals surface area contributed by atoms with Crippen LogP contribution in [0.4, 0.5) is 10.6 Å². The predicted molar refractivity (Wildman–Crippen MR) is 98.3 cm³/mol. The van der Waals surface area contributed by atoms with Crippen LogP contribution in [-0.4, -0.2) is 40.8 Å². The fraction of sp³-hybridized carbons (Fsp3) is 0.643. The van der Waals surface area contributed by atoms with Crippen LogP contribution in [0.2, 0.25) is 0 Å². The number of methoxy groups -OCH3 is 1. The number of anilines is 1. The van der Waals surface area contributed by atoms with Gasteiger partial charge in [-0.15, -0.1) is 0 Å². The molecule has 0 spiro atoms. The molecular weight excluding hydrogens is 462 g/mol. The molecule has 1 heterocycles. The Morgan fingerprint density at radius 2 is 1.96 bits per heavy atom. The average Bonchev–Trinajstić information content (AvgIpc) is 2.83. The number of carbonyl (C=O) groups is 2. The smallest absolute Gasteiger partial charge is 0.416 e. The lowest BCUT2D eigenvalue weighted by Gasteiger charge is -2.29. The Labute approximate surface area is 168 Å². The number of nitrogens with zero attached hydrogens (tertiary/aromatic N) is 2. The van der Waals surface area contributed by atoms with Gasteiger partial charge in [0.25, 0.3) is 0 Å². The zero-order chi connectivity index (χ0) is 19.4. The van der Waals surface area contributed by atoms with Gasteiger partial charge in [-0.2, -0.15) is 0 Å². The minimum Gasteiger partial charge on any atom is -0.467 e. The lowest BCUT2D eigenvalue weighted by Crippen LogP contribution is -2.47.